The summed E-state index contributed by atoms with van der Waals surface area (Å²) in [7, 11) is 0. The first-order valence-corrected chi connectivity index (χ1v) is 5.26. The van der Waals surface area contributed by atoms with E-state index in [1.807, 2.05) is 0 Å². The summed E-state index contributed by atoms with van der Waals surface area (Å²) in [5.74, 6) is 1.54. The lowest BCUT2D eigenvalue weighted by Gasteiger charge is -2.15. The van der Waals surface area contributed by atoms with Crippen molar-refractivity contribution in [1.29, 1.82) is 0 Å². The van der Waals surface area contributed by atoms with Gasteiger partial charge in [-0.1, -0.05) is 6.92 Å². The molecule has 0 bridgehead atoms. The highest BCUT2D eigenvalue weighted by molar-refractivity contribution is 5.76. The van der Waals surface area contributed by atoms with Gasteiger partial charge in [0.25, 0.3) is 0 Å². The molecule has 0 radical (unpaired) electrons. The van der Waals surface area contributed by atoms with Crippen LogP contribution >= 0.6 is 0 Å². The van der Waals surface area contributed by atoms with Crippen molar-refractivity contribution in [1.82, 2.24) is 10.6 Å². The van der Waals surface area contributed by atoms with Crippen LogP contribution in [0, 0.1) is 11.8 Å². The standard InChI is InChI=1S/C10H18N2O/c1-7-5-11-6-9(7)12-10(13)4-8-2-3-8/h7-9,11H,2-6H2,1H3,(H,12,13). The van der Waals surface area contributed by atoms with E-state index in [1.165, 1.54) is 12.8 Å². The van der Waals surface area contributed by atoms with Crippen molar-refractivity contribution in [2.45, 2.75) is 32.2 Å². The molecule has 1 saturated carbocycles. The van der Waals surface area contributed by atoms with E-state index in [0.29, 0.717) is 17.9 Å². The summed E-state index contributed by atoms with van der Waals surface area (Å²) in [5.41, 5.74) is 0. The maximum absolute atomic E-state index is 11.5. The molecule has 13 heavy (non-hydrogen) atoms. The summed E-state index contributed by atoms with van der Waals surface area (Å²) in [6, 6.07) is 0.367. The highest BCUT2D eigenvalue weighted by Crippen LogP contribution is 2.32. The van der Waals surface area contributed by atoms with E-state index >= 15 is 0 Å². The molecule has 0 spiro atoms. The van der Waals surface area contributed by atoms with E-state index in [1.54, 1.807) is 0 Å². The molecule has 74 valence electrons. The second kappa shape index (κ2) is 3.66. The average Bonchev–Trinajstić information content (AvgIpc) is 2.79. The van der Waals surface area contributed by atoms with Crippen LogP contribution in [0.1, 0.15) is 26.2 Å². The predicted octanol–water partition coefficient (Wildman–Crippen LogP) is 0.511. The fourth-order valence-corrected chi connectivity index (χ4v) is 1.85. The zero-order valence-electron chi connectivity index (χ0n) is 8.18. The van der Waals surface area contributed by atoms with Crippen molar-refractivity contribution < 1.29 is 4.79 Å². The molecule has 1 aliphatic carbocycles. The molecule has 2 N–H and O–H groups in total. The van der Waals surface area contributed by atoms with E-state index in [4.69, 9.17) is 0 Å². The highest BCUT2D eigenvalue weighted by Gasteiger charge is 2.28. The third-order valence-electron chi connectivity index (χ3n) is 3.03. The number of hydrogen-bond donors (Lipinski definition) is 2. The zero-order valence-corrected chi connectivity index (χ0v) is 8.18. The van der Waals surface area contributed by atoms with Crippen LogP contribution in [-0.4, -0.2) is 25.0 Å². The van der Waals surface area contributed by atoms with Crippen molar-refractivity contribution in [3.05, 3.63) is 0 Å². The molecule has 1 aliphatic heterocycles. The molecule has 3 nitrogen and oxygen atoms in total. The largest absolute Gasteiger partial charge is 0.352 e. The van der Waals surface area contributed by atoms with Gasteiger partial charge in [-0.3, -0.25) is 4.79 Å². The Bertz CT molecular complexity index is 201. The maximum atomic E-state index is 11.5. The SMILES string of the molecule is CC1CNCC1NC(=O)CC1CC1. The van der Waals surface area contributed by atoms with Crippen LogP contribution in [0.25, 0.3) is 0 Å². The molecule has 2 atom stereocenters. The van der Waals surface area contributed by atoms with Gasteiger partial charge < -0.3 is 10.6 Å². The minimum Gasteiger partial charge on any atom is -0.352 e. The second-order valence-electron chi connectivity index (χ2n) is 4.46. The van der Waals surface area contributed by atoms with Crippen LogP contribution < -0.4 is 10.6 Å². The van der Waals surface area contributed by atoms with E-state index < -0.39 is 0 Å². The smallest absolute Gasteiger partial charge is 0.220 e. The molecule has 2 aliphatic rings. The fraction of sp³-hybridized carbons (Fsp3) is 0.900. The molecule has 2 fully saturated rings. The Balaban J connectivity index is 1.72. The summed E-state index contributed by atoms with van der Waals surface area (Å²) >= 11 is 0. The topological polar surface area (TPSA) is 41.1 Å². The molecule has 2 unspecified atom stereocenters. The first-order chi connectivity index (χ1) is 6.25. The first-order valence-electron chi connectivity index (χ1n) is 5.26. The van der Waals surface area contributed by atoms with Crippen LogP contribution in [-0.2, 0) is 4.79 Å². The molecule has 0 aromatic carbocycles. The predicted molar refractivity (Wildman–Crippen MR) is 51.3 cm³/mol. The summed E-state index contributed by atoms with van der Waals surface area (Å²) < 4.78 is 0. The molecule has 2 rings (SSSR count). The highest BCUT2D eigenvalue weighted by atomic mass is 16.1. The molecule has 0 aromatic rings. The van der Waals surface area contributed by atoms with Gasteiger partial charge in [0.05, 0.1) is 0 Å². The maximum Gasteiger partial charge on any atom is 0.220 e. The molecule has 1 heterocycles. The van der Waals surface area contributed by atoms with Gasteiger partial charge in [-0.2, -0.15) is 0 Å². The van der Waals surface area contributed by atoms with E-state index in [-0.39, 0.29) is 5.91 Å². The van der Waals surface area contributed by atoms with Crippen LogP contribution in [0.2, 0.25) is 0 Å². The summed E-state index contributed by atoms with van der Waals surface area (Å²) in [6.45, 7) is 4.16. The Labute approximate surface area is 79.3 Å². The van der Waals surface area contributed by atoms with Crippen LogP contribution in [0.15, 0.2) is 0 Å². The lowest BCUT2D eigenvalue weighted by atomic mass is 10.1. The lowest BCUT2D eigenvalue weighted by Crippen LogP contribution is -2.39. The van der Waals surface area contributed by atoms with Crippen molar-refractivity contribution in [3.63, 3.8) is 0 Å². The Morgan fingerprint density at radius 2 is 2.23 bits per heavy atom. The molecule has 3 heteroatoms. The van der Waals surface area contributed by atoms with Gasteiger partial charge in [-0.25, -0.2) is 0 Å². The van der Waals surface area contributed by atoms with Crippen molar-refractivity contribution in [3.8, 4) is 0 Å². The van der Waals surface area contributed by atoms with Crippen LogP contribution in [0.3, 0.4) is 0 Å². The van der Waals surface area contributed by atoms with Crippen molar-refractivity contribution in [2.75, 3.05) is 13.1 Å². The number of carbonyl (C=O) groups excluding carboxylic acids is 1. The van der Waals surface area contributed by atoms with Crippen molar-refractivity contribution in [2.24, 2.45) is 11.8 Å². The number of nitrogens with one attached hydrogen (secondary N) is 2. The van der Waals surface area contributed by atoms with Gasteiger partial charge in [0, 0.05) is 19.0 Å². The Morgan fingerprint density at radius 3 is 2.77 bits per heavy atom. The second-order valence-corrected chi connectivity index (χ2v) is 4.46. The van der Waals surface area contributed by atoms with Gasteiger partial charge in [0.2, 0.25) is 5.91 Å². The van der Waals surface area contributed by atoms with Gasteiger partial charge in [-0.15, -0.1) is 0 Å². The van der Waals surface area contributed by atoms with Crippen LogP contribution in [0.5, 0.6) is 0 Å². The quantitative estimate of drug-likeness (QED) is 0.667. The van der Waals surface area contributed by atoms with E-state index in [9.17, 15) is 4.79 Å². The third-order valence-corrected chi connectivity index (χ3v) is 3.03. The van der Waals surface area contributed by atoms with Gasteiger partial charge in [0.15, 0.2) is 0 Å². The molecule has 1 amide bonds. The Hall–Kier alpha value is -0.570. The zero-order chi connectivity index (χ0) is 9.26. The molecule has 0 aromatic heterocycles. The minimum atomic E-state index is 0.253. The fourth-order valence-electron chi connectivity index (χ4n) is 1.85. The number of carbonyl (C=O) groups is 1. The summed E-state index contributed by atoms with van der Waals surface area (Å²) in [5, 5.41) is 6.38. The number of hydrogen-bond acceptors (Lipinski definition) is 2. The monoisotopic (exact) mass is 182 g/mol. The van der Waals surface area contributed by atoms with Crippen molar-refractivity contribution >= 4 is 5.91 Å². The first kappa shape index (κ1) is 9.00. The van der Waals surface area contributed by atoms with Gasteiger partial charge in [0.1, 0.15) is 0 Å². The number of amides is 1. The van der Waals surface area contributed by atoms with E-state index in [2.05, 4.69) is 17.6 Å². The number of rotatable bonds is 3. The van der Waals surface area contributed by atoms with Gasteiger partial charge in [-0.05, 0) is 31.2 Å². The minimum absolute atomic E-state index is 0.253. The Morgan fingerprint density at radius 1 is 1.46 bits per heavy atom. The molecule has 1 saturated heterocycles. The average molecular weight is 182 g/mol. The molecular weight excluding hydrogens is 164 g/mol. The third kappa shape index (κ3) is 2.44. The summed E-state index contributed by atoms with van der Waals surface area (Å²) in [4.78, 5) is 11.5. The lowest BCUT2D eigenvalue weighted by molar-refractivity contribution is -0.122. The van der Waals surface area contributed by atoms with E-state index in [0.717, 1.165) is 19.5 Å². The Kier molecular flexibility index (Phi) is 2.54. The molecular formula is C10H18N2O. The van der Waals surface area contributed by atoms with Crippen LogP contribution in [0.4, 0.5) is 0 Å². The normalized spacial score (nSPS) is 33.3. The van der Waals surface area contributed by atoms with Gasteiger partial charge >= 0.3 is 0 Å². The summed E-state index contributed by atoms with van der Waals surface area (Å²) in [6.07, 6.45) is 3.26.